The molecule has 2 N–H and O–H groups in total. The molecule has 0 atom stereocenters. The van der Waals surface area contributed by atoms with E-state index < -0.39 is 11.7 Å². The van der Waals surface area contributed by atoms with E-state index in [4.69, 9.17) is 10.5 Å². The summed E-state index contributed by atoms with van der Waals surface area (Å²) in [6.07, 6.45) is -2.97. The van der Waals surface area contributed by atoms with Gasteiger partial charge in [-0.05, 0) is 19.0 Å². The molecule has 0 bridgehead atoms. The molecule has 0 aliphatic heterocycles. The molecule has 0 spiro atoms. The van der Waals surface area contributed by atoms with Gasteiger partial charge in [-0.2, -0.15) is 13.2 Å². The molecule has 0 unspecified atom stereocenters. The molecule has 7 heteroatoms. The molecule has 1 rings (SSSR count). The Labute approximate surface area is 97.2 Å². The minimum absolute atomic E-state index is 0. The van der Waals surface area contributed by atoms with Gasteiger partial charge in [0.25, 0.3) is 0 Å². The van der Waals surface area contributed by atoms with Gasteiger partial charge in [-0.15, -0.1) is 12.4 Å². The van der Waals surface area contributed by atoms with Gasteiger partial charge < -0.3 is 10.5 Å². The highest BCUT2D eigenvalue weighted by Crippen LogP contribution is 2.29. The molecule has 0 radical (unpaired) electrons. The lowest BCUT2D eigenvalue weighted by Gasteiger charge is -2.07. The van der Waals surface area contributed by atoms with Crippen LogP contribution in [0.3, 0.4) is 0 Å². The first-order valence-electron chi connectivity index (χ1n) is 4.40. The minimum Gasteiger partial charge on any atom is -0.478 e. The van der Waals surface area contributed by atoms with E-state index in [9.17, 15) is 13.2 Å². The average Bonchev–Trinajstić information content (AvgIpc) is 2.18. The second-order valence-electron chi connectivity index (χ2n) is 2.87. The van der Waals surface area contributed by atoms with E-state index in [1.807, 2.05) is 0 Å². The number of hydrogen-bond acceptors (Lipinski definition) is 3. The van der Waals surface area contributed by atoms with E-state index >= 15 is 0 Å². The Morgan fingerprint density at radius 3 is 2.44 bits per heavy atom. The Morgan fingerprint density at radius 1 is 1.31 bits per heavy atom. The van der Waals surface area contributed by atoms with Gasteiger partial charge in [0.15, 0.2) is 0 Å². The third-order valence-electron chi connectivity index (χ3n) is 1.66. The number of nitrogens with two attached hydrogens (primary N) is 1. The quantitative estimate of drug-likeness (QED) is 0.841. The second kappa shape index (κ2) is 6.55. The van der Waals surface area contributed by atoms with E-state index in [2.05, 4.69) is 4.98 Å². The Kier molecular flexibility index (Phi) is 6.13. The second-order valence-corrected chi connectivity index (χ2v) is 2.87. The average molecular weight is 257 g/mol. The third-order valence-corrected chi connectivity index (χ3v) is 1.66. The van der Waals surface area contributed by atoms with E-state index in [0.717, 1.165) is 12.3 Å². The first-order chi connectivity index (χ1) is 7.04. The van der Waals surface area contributed by atoms with E-state index in [-0.39, 0.29) is 18.3 Å². The molecular weight excluding hydrogens is 245 g/mol. The highest BCUT2D eigenvalue weighted by atomic mass is 35.5. The van der Waals surface area contributed by atoms with Gasteiger partial charge in [0.2, 0.25) is 5.88 Å². The van der Waals surface area contributed by atoms with Crippen LogP contribution in [0.25, 0.3) is 0 Å². The molecule has 0 aromatic carbocycles. The molecule has 0 aliphatic carbocycles. The number of rotatable bonds is 4. The van der Waals surface area contributed by atoms with Crippen molar-refractivity contribution in [3.8, 4) is 5.88 Å². The summed E-state index contributed by atoms with van der Waals surface area (Å²) in [5.74, 6) is 0.177. The van der Waals surface area contributed by atoms with Crippen LogP contribution in [-0.4, -0.2) is 18.1 Å². The van der Waals surface area contributed by atoms with Crippen LogP contribution in [0.2, 0.25) is 0 Å². The van der Waals surface area contributed by atoms with Crippen LogP contribution >= 0.6 is 12.4 Å². The normalized spacial score (nSPS) is 10.8. The van der Waals surface area contributed by atoms with Crippen molar-refractivity contribution in [1.29, 1.82) is 0 Å². The lowest BCUT2D eigenvalue weighted by atomic mass is 10.3. The largest absolute Gasteiger partial charge is 0.478 e. The fourth-order valence-electron chi connectivity index (χ4n) is 0.893. The summed E-state index contributed by atoms with van der Waals surface area (Å²) in [5, 5.41) is 0. The Balaban J connectivity index is 0.00000225. The summed E-state index contributed by atoms with van der Waals surface area (Å²) >= 11 is 0. The molecule has 16 heavy (non-hydrogen) atoms. The van der Waals surface area contributed by atoms with Crippen LogP contribution in [-0.2, 0) is 6.18 Å². The van der Waals surface area contributed by atoms with Gasteiger partial charge in [-0.3, -0.25) is 0 Å². The van der Waals surface area contributed by atoms with Crippen LogP contribution < -0.4 is 10.5 Å². The van der Waals surface area contributed by atoms with E-state index in [0.29, 0.717) is 19.6 Å². The fraction of sp³-hybridized carbons (Fsp3) is 0.444. The van der Waals surface area contributed by atoms with Gasteiger partial charge in [0.05, 0.1) is 12.2 Å². The molecule has 3 nitrogen and oxygen atoms in total. The third kappa shape index (κ3) is 4.67. The number of hydrogen-bond donors (Lipinski definition) is 1. The monoisotopic (exact) mass is 256 g/mol. The molecular formula is C9H12ClF3N2O. The standard InChI is InChI=1S/C9H11F3N2O.ClH/c10-9(11,12)7-2-3-8(14-6-7)15-5-1-4-13;/h2-3,6H,1,4-5,13H2;1H. The van der Waals surface area contributed by atoms with Crippen molar-refractivity contribution in [3.05, 3.63) is 23.9 Å². The molecule has 0 saturated carbocycles. The van der Waals surface area contributed by atoms with Gasteiger partial charge in [0.1, 0.15) is 0 Å². The molecule has 1 aromatic heterocycles. The zero-order valence-electron chi connectivity index (χ0n) is 8.33. The van der Waals surface area contributed by atoms with E-state index in [1.165, 1.54) is 6.07 Å². The molecule has 1 heterocycles. The number of halogens is 4. The molecule has 0 fully saturated rings. The van der Waals surface area contributed by atoms with Crippen molar-refractivity contribution < 1.29 is 17.9 Å². The van der Waals surface area contributed by atoms with Crippen molar-refractivity contribution in [2.45, 2.75) is 12.6 Å². The molecule has 0 aliphatic rings. The number of aromatic nitrogens is 1. The van der Waals surface area contributed by atoms with Gasteiger partial charge in [-0.25, -0.2) is 4.98 Å². The van der Waals surface area contributed by atoms with Crippen molar-refractivity contribution in [2.24, 2.45) is 5.73 Å². The van der Waals surface area contributed by atoms with Crippen LogP contribution in [0.4, 0.5) is 13.2 Å². The summed E-state index contributed by atoms with van der Waals surface area (Å²) in [4.78, 5) is 3.53. The first-order valence-corrected chi connectivity index (χ1v) is 4.40. The molecule has 1 aromatic rings. The van der Waals surface area contributed by atoms with Gasteiger partial charge in [0, 0.05) is 12.3 Å². The van der Waals surface area contributed by atoms with Gasteiger partial charge in [-0.1, -0.05) is 0 Å². The summed E-state index contributed by atoms with van der Waals surface area (Å²) in [6, 6.07) is 2.13. The lowest BCUT2D eigenvalue weighted by molar-refractivity contribution is -0.137. The Bertz CT molecular complexity index is 303. The lowest BCUT2D eigenvalue weighted by Crippen LogP contribution is -2.08. The van der Waals surface area contributed by atoms with Crippen molar-refractivity contribution >= 4 is 12.4 Å². The summed E-state index contributed by atoms with van der Waals surface area (Å²) < 4.78 is 41.4. The fourth-order valence-corrected chi connectivity index (χ4v) is 0.893. The van der Waals surface area contributed by atoms with Crippen LogP contribution in [0.15, 0.2) is 18.3 Å². The Morgan fingerprint density at radius 2 is 2.00 bits per heavy atom. The minimum atomic E-state index is -4.36. The number of alkyl halides is 3. The zero-order chi connectivity index (χ0) is 11.3. The zero-order valence-corrected chi connectivity index (χ0v) is 9.14. The maximum atomic E-state index is 12.1. The SMILES string of the molecule is Cl.NCCCOc1ccc(C(F)(F)F)cn1. The summed E-state index contributed by atoms with van der Waals surface area (Å²) in [5.41, 5.74) is 4.44. The maximum Gasteiger partial charge on any atom is 0.417 e. The van der Waals surface area contributed by atoms with Crippen molar-refractivity contribution in [1.82, 2.24) is 4.98 Å². The number of nitrogens with zero attached hydrogens (tertiary/aromatic N) is 1. The number of pyridine rings is 1. The van der Waals surface area contributed by atoms with Crippen LogP contribution in [0.5, 0.6) is 5.88 Å². The van der Waals surface area contributed by atoms with Crippen LogP contribution in [0.1, 0.15) is 12.0 Å². The maximum absolute atomic E-state index is 12.1. The highest BCUT2D eigenvalue weighted by Gasteiger charge is 2.30. The topological polar surface area (TPSA) is 48.1 Å². The van der Waals surface area contributed by atoms with Crippen LogP contribution in [0, 0.1) is 0 Å². The van der Waals surface area contributed by atoms with Crippen molar-refractivity contribution in [3.63, 3.8) is 0 Å². The first kappa shape index (κ1) is 15.0. The van der Waals surface area contributed by atoms with Gasteiger partial charge >= 0.3 is 6.18 Å². The van der Waals surface area contributed by atoms with Crippen molar-refractivity contribution in [2.75, 3.05) is 13.2 Å². The number of ether oxygens (including phenoxy) is 1. The van der Waals surface area contributed by atoms with E-state index in [1.54, 1.807) is 0 Å². The highest BCUT2D eigenvalue weighted by molar-refractivity contribution is 5.85. The predicted molar refractivity (Wildman–Crippen MR) is 55.7 cm³/mol. The summed E-state index contributed by atoms with van der Waals surface area (Å²) in [6.45, 7) is 0.829. The molecule has 92 valence electrons. The predicted octanol–water partition coefficient (Wildman–Crippen LogP) is 2.25. The Hall–Kier alpha value is -1.01. The smallest absolute Gasteiger partial charge is 0.417 e. The molecule has 0 saturated heterocycles. The summed E-state index contributed by atoms with van der Waals surface area (Å²) in [7, 11) is 0. The molecule has 0 amide bonds.